The molecular formula is C47H93NO4S. The zero-order valence-corrected chi connectivity index (χ0v) is 37.1. The summed E-state index contributed by atoms with van der Waals surface area (Å²) in [6.45, 7) is 12.4. The van der Waals surface area contributed by atoms with Gasteiger partial charge in [-0.05, 0) is 83.7 Å². The first-order valence-corrected chi connectivity index (χ1v) is 24.6. The highest BCUT2D eigenvalue weighted by molar-refractivity contribution is 8.14. The number of carbonyl (C=O) groups excluding carboxylic acids is 2. The molecule has 0 saturated heterocycles. The Morgan fingerprint density at radius 3 is 1.34 bits per heavy atom. The van der Waals surface area contributed by atoms with Gasteiger partial charge in [0, 0.05) is 31.2 Å². The summed E-state index contributed by atoms with van der Waals surface area (Å²) in [4.78, 5) is 28.1. The molecule has 5 nitrogen and oxygen atoms in total. The Hall–Kier alpha value is -0.590. The summed E-state index contributed by atoms with van der Waals surface area (Å²) in [5.74, 6) is 0.0109. The number of rotatable bonds is 43. The van der Waals surface area contributed by atoms with E-state index in [2.05, 4.69) is 32.6 Å². The topological polar surface area (TPSA) is 66.8 Å². The van der Waals surface area contributed by atoms with Gasteiger partial charge >= 0.3 is 5.97 Å². The third-order valence-corrected chi connectivity index (χ3v) is 12.2. The van der Waals surface area contributed by atoms with E-state index in [-0.39, 0.29) is 18.7 Å². The van der Waals surface area contributed by atoms with Gasteiger partial charge in [0.15, 0.2) is 5.12 Å². The SMILES string of the molecule is CCCCCCCCC(CCCCCC)OC(=O)CCCCCCN(CCCO)CCCCCCC(=O)SC(CCCCCC)CCCCCCCC. The van der Waals surface area contributed by atoms with Crippen molar-refractivity contribution in [1.82, 2.24) is 4.90 Å². The van der Waals surface area contributed by atoms with E-state index in [4.69, 9.17) is 4.74 Å². The Labute approximate surface area is 336 Å². The van der Waals surface area contributed by atoms with Crippen LogP contribution in [0.15, 0.2) is 0 Å². The Kier molecular flexibility index (Phi) is 42.1. The first-order valence-electron chi connectivity index (χ1n) is 23.7. The van der Waals surface area contributed by atoms with E-state index in [1.165, 1.54) is 148 Å². The smallest absolute Gasteiger partial charge is 0.306 e. The van der Waals surface area contributed by atoms with Crippen molar-refractivity contribution in [2.45, 2.75) is 264 Å². The van der Waals surface area contributed by atoms with Crippen molar-refractivity contribution < 1.29 is 19.4 Å². The zero-order chi connectivity index (χ0) is 38.9. The van der Waals surface area contributed by atoms with Crippen LogP contribution < -0.4 is 0 Å². The fourth-order valence-electron chi connectivity index (χ4n) is 7.46. The van der Waals surface area contributed by atoms with Crippen molar-refractivity contribution in [2.75, 3.05) is 26.2 Å². The monoisotopic (exact) mass is 768 g/mol. The molecule has 0 aromatic heterocycles. The fraction of sp³-hybridized carbons (Fsp3) is 0.957. The molecule has 0 radical (unpaired) electrons. The van der Waals surface area contributed by atoms with Crippen LogP contribution >= 0.6 is 11.8 Å². The van der Waals surface area contributed by atoms with Crippen LogP contribution in [0.4, 0.5) is 0 Å². The third kappa shape index (κ3) is 38.1. The van der Waals surface area contributed by atoms with E-state index in [1.807, 2.05) is 0 Å². The van der Waals surface area contributed by atoms with Crippen molar-refractivity contribution >= 4 is 22.8 Å². The highest BCUT2D eigenvalue weighted by Gasteiger charge is 2.16. The second-order valence-corrected chi connectivity index (χ2v) is 17.6. The van der Waals surface area contributed by atoms with Crippen molar-refractivity contribution in [1.29, 1.82) is 0 Å². The molecule has 2 atom stereocenters. The molecule has 6 heteroatoms. The van der Waals surface area contributed by atoms with E-state index in [1.54, 1.807) is 11.8 Å². The summed E-state index contributed by atoms with van der Waals surface area (Å²) in [5, 5.41) is 10.4. The highest BCUT2D eigenvalue weighted by Crippen LogP contribution is 2.27. The fourth-order valence-corrected chi connectivity index (χ4v) is 8.67. The van der Waals surface area contributed by atoms with Crippen LogP contribution in [0.1, 0.15) is 252 Å². The number of unbranched alkanes of at least 4 members (excludes halogenated alkanes) is 22. The number of aliphatic hydroxyl groups is 1. The second kappa shape index (κ2) is 42.6. The molecule has 2 unspecified atom stereocenters. The van der Waals surface area contributed by atoms with Gasteiger partial charge in [0.1, 0.15) is 6.10 Å². The maximum Gasteiger partial charge on any atom is 0.306 e. The second-order valence-electron chi connectivity index (χ2n) is 16.3. The summed E-state index contributed by atoms with van der Waals surface area (Å²) in [6, 6.07) is 0. The Bertz CT molecular complexity index is 707. The molecule has 0 aliphatic carbocycles. The van der Waals surface area contributed by atoms with Crippen molar-refractivity contribution in [3.05, 3.63) is 0 Å². The van der Waals surface area contributed by atoms with Crippen molar-refractivity contribution in [3.63, 3.8) is 0 Å². The average molecular weight is 768 g/mol. The number of carbonyl (C=O) groups is 2. The molecule has 316 valence electrons. The molecule has 1 N–H and O–H groups in total. The van der Waals surface area contributed by atoms with Gasteiger partial charge in [0.25, 0.3) is 0 Å². The minimum atomic E-state index is 0.0109. The van der Waals surface area contributed by atoms with Gasteiger partial charge in [-0.3, -0.25) is 9.59 Å². The summed E-state index contributed by atoms with van der Waals surface area (Å²) in [6.07, 6.45) is 41.2. The maximum absolute atomic E-state index is 12.9. The number of hydrogen-bond donors (Lipinski definition) is 1. The lowest BCUT2D eigenvalue weighted by atomic mass is 10.0. The van der Waals surface area contributed by atoms with Crippen LogP contribution in [0.2, 0.25) is 0 Å². The standard InChI is InChI=1S/C47H93NO4S/c1-5-9-13-17-19-26-35-44(34-25-15-11-7-3)52-46(50)38-29-21-23-31-40-48(42-33-43-49)41-32-24-22-30-39-47(51)53-45(36-27-16-12-8-4)37-28-20-18-14-10-6-2/h44-45,49H,5-43H2,1-4H3. The van der Waals surface area contributed by atoms with E-state index in [0.717, 1.165) is 90.3 Å². The predicted molar refractivity (Wildman–Crippen MR) is 234 cm³/mol. The molecule has 0 aliphatic heterocycles. The molecule has 0 amide bonds. The van der Waals surface area contributed by atoms with E-state index < -0.39 is 0 Å². The molecule has 0 aromatic carbocycles. The van der Waals surface area contributed by atoms with Crippen LogP contribution in [-0.2, 0) is 14.3 Å². The quantitative estimate of drug-likeness (QED) is 0.0492. The zero-order valence-electron chi connectivity index (χ0n) is 36.3. The largest absolute Gasteiger partial charge is 0.462 e. The number of ether oxygens (including phenoxy) is 1. The van der Waals surface area contributed by atoms with Crippen LogP contribution in [0.5, 0.6) is 0 Å². The van der Waals surface area contributed by atoms with Gasteiger partial charge in [-0.25, -0.2) is 0 Å². The lowest BCUT2D eigenvalue weighted by Crippen LogP contribution is -2.28. The predicted octanol–water partition coefficient (Wildman–Crippen LogP) is 14.6. The first-order chi connectivity index (χ1) is 26.0. The van der Waals surface area contributed by atoms with Gasteiger partial charge in [0.05, 0.1) is 0 Å². The van der Waals surface area contributed by atoms with E-state index >= 15 is 0 Å². The minimum absolute atomic E-state index is 0.0109. The Balaban J connectivity index is 4.30. The molecule has 0 bridgehead atoms. The lowest BCUT2D eigenvalue weighted by molar-refractivity contribution is -0.150. The van der Waals surface area contributed by atoms with Gasteiger partial charge in [-0.1, -0.05) is 181 Å². The van der Waals surface area contributed by atoms with Crippen LogP contribution in [0.3, 0.4) is 0 Å². The highest BCUT2D eigenvalue weighted by atomic mass is 32.2. The lowest BCUT2D eigenvalue weighted by Gasteiger charge is -2.22. The number of thioether (sulfide) groups is 1. The average Bonchev–Trinajstić information content (AvgIpc) is 3.15. The summed E-state index contributed by atoms with van der Waals surface area (Å²) < 4.78 is 6.01. The minimum Gasteiger partial charge on any atom is -0.462 e. The van der Waals surface area contributed by atoms with Crippen molar-refractivity contribution in [3.8, 4) is 0 Å². The summed E-state index contributed by atoms with van der Waals surface area (Å²) in [7, 11) is 0. The number of nitrogens with zero attached hydrogens (tertiary/aromatic N) is 1. The first kappa shape index (κ1) is 52.4. The van der Waals surface area contributed by atoms with Gasteiger partial charge in [0.2, 0.25) is 0 Å². The number of esters is 1. The maximum atomic E-state index is 12.9. The molecule has 0 aromatic rings. The van der Waals surface area contributed by atoms with Crippen LogP contribution in [0, 0.1) is 0 Å². The summed E-state index contributed by atoms with van der Waals surface area (Å²) >= 11 is 1.68. The molecule has 0 spiro atoms. The van der Waals surface area contributed by atoms with Crippen LogP contribution in [-0.4, -0.2) is 58.7 Å². The normalized spacial score (nSPS) is 12.8. The van der Waals surface area contributed by atoms with Gasteiger partial charge < -0.3 is 14.7 Å². The van der Waals surface area contributed by atoms with E-state index in [0.29, 0.717) is 16.8 Å². The molecule has 0 rings (SSSR count). The molecule has 0 fully saturated rings. The van der Waals surface area contributed by atoms with E-state index in [9.17, 15) is 14.7 Å². The molecule has 0 heterocycles. The number of hydrogen-bond acceptors (Lipinski definition) is 6. The molecule has 53 heavy (non-hydrogen) atoms. The van der Waals surface area contributed by atoms with Crippen molar-refractivity contribution in [2.24, 2.45) is 0 Å². The number of aliphatic hydroxyl groups excluding tert-OH is 1. The Morgan fingerprint density at radius 1 is 0.472 bits per heavy atom. The summed E-state index contributed by atoms with van der Waals surface area (Å²) in [5.41, 5.74) is 0. The molecule has 0 aliphatic rings. The van der Waals surface area contributed by atoms with Gasteiger partial charge in [-0.15, -0.1) is 0 Å². The van der Waals surface area contributed by atoms with Crippen LogP contribution in [0.25, 0.3) is 0 Å². The molecular weight excluding hydrogens is 675 g/mol. The molecule has 0 saturated carbocycles. The third-order valence-electron chi connectivity index (χ3n) is 11.0. The van der Waals surface area contributed by atoms with Gasteiger partial charge in [-0.2, -0.15) is 0 Å². The Morgan fingerprint density at radius 2 is 0.849 bits per heavy atom.